The van der Waals surface area contributed by atoms with Gasteiger partial charge in [0.25, 0.3) is 0 Å². The Balaban J connectivity index is 2.26. The van der Waals surface area contributed by atoms with E-state index in [1.165, 1.54) is 9.47 Å². The van der Waals surface area contributed by atoms with Crippen molar-refractivity contribution in [2.45, 2.75) is 60.0 Å². The van der Waals surface area contributed by atoms with Crippen molar-refractivity contribution in [3.63, 3.8) is 0 Å². The highest BCUT2D eigenvalue weighted by atomic mass is 16.6. The van der Waals surface area contributed by atoms with E-state index in [-0.39, 0.29) is 19.0 Å². The van der Waals surface area contributed by atoms with E-state index in [0.717, 1.165) is 0 Å². The number of aliphatic carboxylic acids is 1. The Hall–Kier alpha value is -3.03. The third-order valence-electron chi connectivity index (χ3n) is 6.93. The van der Waals surface area contributed by atoms with Crippen LogP contribution in [0.25, 0.3) is 10.9 Å². The molecule has 0 radical (unpaired) electrons. The average Bonchev–Trinajstić information content (AvgIpc) is 3.25. The molecular formula is C25H34N2O6. The van der Waals surface area contributed by atoms with Crippen molar-refractivity contribution in [3.8, 4) is 0 Å². The van der Waals surface area contributed by atoms with Crippen LogP contribution >= 0.6 is 0 Å². The Morgan fingerprint density at radius 2 is 1.70 bits per heavy atom. The molecule has 2 N–H and O–H groups in total. The number of carboxylic acids is 1. The number of aromatic nitrogens is 1. The molecule has 2 aromatic rings. The third-order valence-corrected chi connectivity index (χ3v) is 6.93. The molecule has 1 fully saturated rings. The zero-order valence-corrected chi connectivity index (χ0v) is 20.4. The smallest absolute Gasteiger partial charge is 0.419 e. The van der Waals surface area contributed by atoms with Crippen molar-refractivity contribution in [2.24, 2.45) is 16.7 Å². The minimum atomic E-state index is -1.36. The van der Waals surface area contributed by atoms with Gasteiger partial charge in [-0.15, -0.1) is 0 Å². The molecule has 0 bridgehead atoms. The number of benzene rings is 1. The summed E-state index contributed by atoms with van der Waals surface area (Å²) >= 11 is 0. The Labute approximate surface area is 194 Å². The molecule has 180 valence electrons. The van der Waals surface area contributed by atoms with Gasteiger partial charge in [0.2, 0.25) is 0 Å². The summed E-state index contributed by atoms with van der Waals surface area (Å²) in [5.41, 5.74) is -1.23. The molecule has 0 saturated carbocycles. The van der Waals surface area contributed by atoms with Crippen LogP contribution in [0.2, 0.25) is 0 Å². The molecule has 1 aromatic heterocycles. The quantitative estimate of drug-likeness (QED) is 0.650. The van der Waals surface area contributed by atoms with Gasteiger partial charge in [-0.2, -0.15) is 0 Å². The van der Waals surface area contributed by atoms with Gasteiger partial charge in [-0.05, 0) is 43.7 Å². The second-order valence-electron chi connectivity index (χ2n) is 11.1. The van der Waals surface area contributed by atoms with Crippen LogP contribution in [0.4, 0.5) is 9.59 Å². The number of hydrogen-bond acceptors (Lipinski definition) is 4. The van der Waals surface area contributed by atoms with Gasteiger partial charge in [0.15, 0.2) is 0 Å². The molecule has 1 aromatic carbocycles. The third kappa shape index (κ3) is 4.30. The van der Waals surface area contributed by atoms with Crippen molar-refractivity contribution >= 4 is 29.1 Å². The summed E-state index contributed by atoms with van der Waals surface area (Å²) in [5.74, 6) is -2.04. The van der Waals surface area contributed by atoms with E-state index in [4.69, 9.17) is 4.74 Å². The SMILES string of the molecule is CC(C(C)(C)C)C1(C(=O)O)CN(C(=O)O)CC1c1cn(C(=O)OC(C)(C)C)c2ccccc12. The summed E-state index contributed by atoms with van der Waals surface area (Å²) in [6.07, 6.45) is -0.0927. The van der Waals surface area contributed by atoms with Crippen LogP contribution in [0, 0.1) is 16.7 Å². The second-order valence-corrected chi connectivity index (χ2v) is 11.1. The van der Waals surface area contributed by atoms with Gasteiger partial charge < -0.3 is 19.8 Å². The highest BCUT2D eigenvalue weighted by Gasteiger charge is 2.60. The summed E-state index contributed by atoms with van der Waals surface area (Å²) in [6, 6.07) is 7.24. The lowest BCUT2D eigenvalue weighted by molar-refractivity contribution is -0.155. The van der Waals surface area contributed by atoms with Crippen LogP contribution in [0.15, 0.2) is 30.5 Å². The standard InChI is InChI=1S/C25H34N2O6/c1-15(23(2,3)4)25(20(28)29)14-26(21(30)31)13-18(25)17-12-27(22(32)33-24(5,6)7)19-11-9-8-10-16(17)19/h8-12,15,18H,13-14H2,1-7H3,(H,28,29)(H,30,31). The number of ether oxygens (including phenoxy) is 1. The molecule has 33 heavy (non-hydrogen) atoms. The number of carbonyl (C=O) groups is 3. The van der Waals surface area contributed by atoms with Crippen LogP contribution in [0.3, 0.4) is 0 Å². The van der Waals surface area contributed by atoms with E-state index < -0.39 is 40.5 Å². The number of amides is 1. The predicted octanol–water partition coefficient (Wildman–Crippen LogP) is 5.25. The van der Waals surface area contributed by atoms with Gasteiger partial charge in [0, 0.05) is 30.6 Å². The number of para-hydroxylation sites is 1. The van der Waals surface area contributed by atoms with Gasteiger partial charge >= 0.3 is 18.2 Å². The first-order valence-electron chi connectivity index (χ1n) is 11.1. The maximum absolute atomic E-state index is 13.0. The van der Waals surface area contributed by atoms with E-state index >= 15 is 0 Å². The molecule has 8 nitrogen and oxygen atoms in total. The number of fused-ring (bicyclic) bond motifs is 1. The number of nitrogens with zero attached hydrogens (tertiary/aromatic N) is 2. The fraction of sp³-hybridized carbons (Fsp3) is 0.560. The number of likely N-dealkylation sites (tertiary alicyclic amines) is 1. The molecule has 1 saturated heterocycles. The highest BCUT2D eigenvalue weighted by molar-refractivity contribution is 5.93. The average molecular weight is 459 g/mol. The molecule has 1 aliphatic heterocycles. The van der Waals surface area contributed by atoms with E-state index in [1.54, 1.807) is 39.1 Å². The molecule has 0 spiro atoms. The molecular weight excluding hydrogens is 424 g/mol. The van der Waals surface area contributed by atoms with Crippen molar-refractivity contribution < 1.29 is 29.3 Å². The summed E-state index contributed by atoms with van der Waals surface area (Å²) in [7, 11) is 0. The normalized spacial score (nSPS) is 22.4. The fourth-order valence-corrected chi connectivity index (χ4v) is 4.95. The molecule has 1 amide bonds. The predicted molar refractivity (Wildman–Crippen MR) is 125 cm³/mol. The first-order valence-corrected chi connectivity index (χ1v) is 11.1. The Kier molecular flexibility index (Phi) is 6.02. The summed E-state index contributed by atoms with van der Waals surface area (Å²) < 4.78 is 6.97. The minimum Gasteiger partial charge on any atom is -0.481 e. The Bertz CT molecular complexity index is 1090. The van der Waals surface area contributed by atoms with E-state index in [2.05, 4.69) is 0 Å². The van der Waals surface area contributed by atoms with Gasteiger partial charge in [0.05, 0.1) is 10.9 Å². The van der Waals surface area contributed by atoms with E-state index in [0.29, 0.717) is 16.5 Å². The first kappa shape index (κ1) is 24.6. The van der Waals surface area contributed by atoms with Crippen molar-refractivity contribution in [1.82, 2.24) is 9.47 Å². The summed E-state index contributed by atoms with van der Waals surface area (Å²) in [6.45, 7) is 13.0. The molecule has 1 aliphatic rings. The van der Waals surface area contributed by atoms with Crippen LogP contribution < -0.4 is 0 Å². The maximum Gasteiger partial charge on any atom is 0.419 e. The van der Waals surface area contributed by atoms with Crippen LogP contribution in [-0.4, -0.2) is 56.5 Å². The Morgan fingerprint density at radius 1 is 1.09 bits per heavy atom. The van der Waals surface area contributed by atoms with E-state index in [1.807, 2.05) is 39.8 Å². The number of hydrogen-bond donors (Lipinski definition) is 2. The van der Waals surface area contributed by atoms with Crippen LogP contribution in [-0.2, 0) is 9.53 Å². The van der Waals surface area contributed by atoms with Crippen molar-refractivity contribution in [3.05, 3.63) is 36.0 Å². The first-order chi connectivity index (χ1) is 15.1. The van der Waals surface area contributed by atoms with Crippen molar-refractivity contribution in [2.75, 3.05) is 13.1 Å². The van der Waals surface area contributed by atoms with Crippen molar-refractivity contribution in [1.29, 1.82) is 0 Å². The second kappa shape index (κ2) is 8.08. The summed E-state index contributed by atoms with van der Waals surface area (Å²) in [4.78, 5) is 39.0. The lowest BCUT2D eigenvalue weighted by atomic mass is 9.59. The highest BCUT2D eigenvalue weighted by Crippen LogP contribution is 2.54. The number of carbonyl (C=O) groups excluding carboxylic acids is 1. The van der Waals surface area contributed by atoms with Gasteiger partial charge in [-0.25, -0.2) is 9.59 Å². The minimum absolute atomic E-state index is 0.0321. The molecule has 0 aliphatic carbocycles. The van der Waals surface area contributed by atoms with Gasteiger partial charge in [-0.1, -0.05) is 45.9 Å². The molecule has 3 rings (SSSR count). The van der Waals surface area contributed by atoms with Gasteiger partial charge in [0.1, 0.15) is 5.60 Å². The molecule has 2 heterocycles. The zero-order chi connectivity index (χ0) is 24.9. The topological polar surface area (TPSA) is 109 Å². The maximum atomic E-state index is 13.0. The number of carboxylic acid groups (broad SMARTS) is 2. The van der Waals surface area contributed by atoms with Crippen LogP contribution in [0.5, 0.6) is 0 Å². The fourth-order valence-electron chi connectivity index (χ4n) is 4.95. The number of rotatable bonds is 3. The molecule has 8 heteroatoms. The van der Waals surface area contributed by atoms with E-state index in [9.17, 15) is 24.6 Å². The Morgan fingerprint density at radius 3 is 2.21 bits per heavy atom. The molecule has 3 atom stereocenters. The van der Waals surface area contributed by atoms with Gasteiger partial charge in [-0.3, -0.25) is 9.36 Å². The summed E-state index contributed by atoms with van der Waals surface area (Å²) in [5, 5.41) is 21.0. The largest absolute Gasteiger partial charge is 0.481 e. The van der Waals surface area contributed by atoms with Crippen LogP contribution in [0.1, 0.15) is 59.9 Å². The zero-order valence-electron chi connectivity index (χ0n) is 20.4. The lowest BCUT2D eigenvalue weighted by Crippen LogP contribution is -2.48. The molecule has 3 unspecified atom stereocenters. The monoisotopic (exact) mass is 458 g/mol. The lowest BCUT2D eigenvalue weighted by Gasteiger charge is -2.43.